The zero-order chi connectivity index (χ0) is 19.3. The number of aromatic nitrogens is 2. The molecule has 0 saturated carbocycles. The lowest BCUT2D eigenvalue weighted by atomic mass is 10.2. The Bertz CT molecular complexity index is 946. The number of para-hydroxylation sites is 1. The molecule has 1 saturated heterocycles. The monoisotopic (exact) mass is 380 g/mol. The largest absolute Gasteiger partial charge is 0.497 e. The number of rotatable bonds is 6. The Morgan fingerprint density at radius 2 is 1.86 bits per heavy atom. The molecule has 0 bridgehead atoms. The number of morpholine rings is 1. The quantitative estimate of drug-likeness (QED) is 0.712. The number of ether oxygens (including phenoxy) is 2. The van der Waals surface area contributed by atoms with Gasteiger partial charge < -0.3 is 14.8 Å². The van der Waals surface area contributed by atoms with E-state index in [4.69, 9.17) is 9.47 Å². The van der Waals surface area contributed by atoms with Gasteiger partial charge >= 0.3 is 0 Å². The number of nitrogens with one attached hydrogen (secondary N) is 1. The summed E-state index contributed by atoms with van der Waals surface area (Å²) in [4.78, 5) is 15.2. The van der Waals surface area contributed by atoms with E-state index >= 15 is 0 Å². The van der Waals surface area contributed by atoms with E-state index in [1.165, 1.54) is 0 Å². The lowest BCUT2D eigenvalue weighted by Gasteiger charge is -2.26. The molecule has 1 aromatic heterocycles. The smallest absolute Gasteiger partial charge is 0.276 e. The van der Waals surface area contributed by atoms with Gasteiger partial charge in [-0.3, -0.25) is 14.4 Å². The van der Waals surface area contributed by atoms with E-state index < -0.39 is 0 Å². The van der Waals surface area contributed by atoms with E-state index in [9.17, 15) is 4.79 Å². The Balaban J connectivity index is 1.53. The normalized spacial score (nSPS) is 14.9. The molecule has 3 aromatic rings. The highest BCUT2D eigenvalue weighted by Gasteiger charge is 2.18. The number of carbonyl (C=O) groups excluding carboxylic acids is 1. The number of hydrogen-bond donors (Lipinski definition) is 1. The summed E-state index contributed by atoms with van der Waals surface area (Å²) in [7, 11) is 1.61. The van der Waals surface area contributed by atoms with Crippen LogP contribution < -0.4 is 10.1 Å². The molecule has 0 unspecified atom stereocenters. The van der Waals surface area contributed by atoms with Gasteiger partial charge in [-0.2, -0.15) is 5.10 Å². The summed E-state index contributed by atoms with van der Waals surface area (Å²) >= 11 is 0. The van der Waals surface area contributed by atoms with Crippen molar-refractivity contribution in [3.8, 4) is 5.75 Å². The highest BCUT2D eigenvalue weighted by atomic mass is 16.5. The first kappa shape index (κ1) is 18.5. The molecule has 1 aliphatic rings. The SMILES string of the molecule is COc1ccc(NC(=O)c2nn(CCN3CCOCC3)c3ccccc23)cc1. The Morgan fingerprint density at radius 1 is 1.11 bits per heavy atom. The van der Waals surface area contributed by atoms with Crippen molar-refractivity contribution < 1.29 is 14.3 Å². The molecular formula is C21H24N4O3. The summed E-state index contributed by atoms with van der Waals surface area (Å²) in [6, 6.07) is 15.1. The Hall–Kier alpha value is -2.90. The maximum Gasteiger partial charge on any atom is 0.276 e. The van der Waals surface area contributed by atoms with Gasteiger partial charge in [0.25, 0.3) is 5.91 Å². The fourth-order valence-electron chi connectivity index (χ4n) is 3.39. The van der Waals surface area contributed by atoms with Crippen LogP contribution in [0.25, 0.3) is 10.9 Å². The number of amides is 1. The van der Waals surface area contributed by atoms with Crippen LogP contribution in [0.3, 0.4) is 0 Å². The van der Waals surface area contributed by atoms with E-state index in [0.717, 1.165) is 56.0 Å². The molecule has 2 aromatic carbocycles. The van der Waals surface area contributed by atoms with Gasteiger partial charge in [-0.25, -0.2) is 0 Å². The van der Waals surface area contributed by atoms with Crippen molar-refractivity contribution in [3.63, 3.8) is 0 Å². The maximum atomic E-state index is 12.9. The number of anilines is 1. The molecule has 0 atom stereocenters. The van der Waals surface area contributed by atoms with Gasteiger partial charge in [0, 0.05) is 30.7 Å². The van der Waals surface area contributed by atoms with E-state index in [2.05, 4.69) is 15.3 Å². The first-order valence-electron chi connectivity index (χ1n) is 9.45. The number of benzene rings is 2. The van der Waals surface area contributed by atoms with Gasteiger partial charge in [-0.15, -0.1) is 0 Å². The number of methoxy groups -OCH3 is 1. The van der Waals surface area contributed by atoms with Crippen LogP contribution in [-0.2, 0) is 11.3 Å². The molecule has 4 rings (SSSR count). The fraction of sp³-hybridized carbons (Fsp3) is 0.333. The van der Waals surface area contributed by atoms with Crippen molar-refractivity contribution in [3.05, 3.63) is 54.2 Å². The van der Waals surface area contributed by atoms with E-state index in [1.54, 1.807) is 7.11 Å². The van der Waals surface area contributed by atoms with Crippen LogP contribution in [0.1, 0.15) is 10.5 Å². The maximum absolute atomic E-state index is 12.9. The molecule has 1 fully saturated rings. The van der Waals surface area contributed by atoms with Crippen LogP contribution in [0, 0.1) is 0 Å². The number of hydrogen-bond acceptors (Lipinski definition) is 5. The van der Waals surface area contributed by atoms with E-state index in [-0.39, 0.29) is 5.91 Å². The molecular weight excluding hydrogens is 356 g/mol. The minimum atomic E-state index is -0.216. The lowest BCUT2D eigenvalue weighted by Crippen LogP contribution is -2.38. The van der Waals surface area contributed by atoms with Gasteiger partial charge in [-0.05, 0) is 30.3 Å². The number of fused-ring (bicyclic) bond motifs is 1. The predicted molar refractivity (Wildman–Crippen MR) is 108 cm³/mol. The van der Waals surface area contributed by atoms with Crippen molar-refractivity contribution in [2.45, 2.75) is 6.54 Å². The molecule has 7 nitrogen and oxygen atoms in total. The number of nitrogens with zero attached hydrogens (tertiary/aromatic N) is 3. The third kappa shape index (κ3) is 4.00. The van der Waals surface area contributed by atoms with Crippen molar-refractivity contribution in [1.82, 2.24) is 14.7 Å². The molecule has 2 heterocycles. The van der Waals surface area contributed by atoms with E-state index in [1.807, 2.05) is 53.2 Å². The molecule has 0 spiro atoms. The Kier molecular flexibility index (Phi) is 5.55. The average molecular weight is 380 g/mol. The second-order valence-electron chi connectivity index (χ2n) is 6.73. The second-order valence-corrected chi connectivity index (χ2v) is 6.73. The van der Waals surface area contributed by atoms with Crippen LogP contribution >= 0.6 is 0 Å². The summed E-state index contributed by atoms with van der Waals surface area (Å²) in [6.45, 7) is 5.03. The summed E-state index contributed by atoms with van der Waals surface area (Å²) in [5.74, 6) is 0.530. The third-order valence-electron chi connectivity index (χ3n) is 4.95. The standard InChI is InChI=1S/C21H24N4O3/c1-27-17-8-6-16(7-9-17)22-21(26)20-18-4-2-3-5-19(18)25(23-20)11-10-24-12-14-28-15-13-24/h2-9H,10-15H2,1H3,(H,22,26). The molecule has 1 amide bonds. The molecule has 28 heavy (non-hydrogen) atoms. The summed E-state index contributed by atoms with van der Waals surface area (Å²) in [5.41, 5.74) is 2.11. The average Bonchev–Trinajstić information content (AvgIpc) is 3.12. The summed E-state index contributed by atoms with van der Waals surface area (Å²) < 4.78 is 12.5. The van der Waals surface area contributed by atoms with Crippen LogP contribution in [0.5, 0.6) is 5.75 Å². The third-order valence-corrected chi connectivity index (χ3v) is 4.95. The second kappa shape index (κ2) is 8.41. The summed E-state index contributed by atoms with van der Waals surface area (Å²) in [6.07, 6.45) is 0. The van der Waals surface area contributed by atoms with Crippen molar-refractivity contribution >= 4 is 22.5 Å². The van der Waals surface area contributed by atoms with Crippen molar-refractivity contribution in [2.75, 3.05) is 45.3 Å². The molecule has 0 radical (unpaired) electrons. The van der Waals surface area contributed by atoms with Crippen LogP contribution in [0.15, 0.2) is 48.5 Å². The minimum absolute atomic E-state index is 0.216. The van der Waals surface area contributed by atoms with Crippen LogP contribution in [-0.4, -0.2) is 60.5 Å². The van der Waals surface area contributed by atoms with Crippen LogP contribution in [0.4, 0.5) is 5.69 Å². The van der Waals surface area contributed by atoms with Gasteiger partial charge in [0.05, 0.1) is 32.4 Å². The molecule has 1 N–H and O–H groups in total. The van der Waals surface area contributed by atoms with Crippen molar-refractivity contribution in [2.24, 2.45) is 0 Å². The first-order valence-corrected chi connectivity index (χ1v) is 9.45. The molecule has 1 aliphatic heterocycles. The van der Waals surface area contributed by atoms with Crippen molar-refractivity contribution in [1.29, 1.82) is 0 Å². The van der Waals surface area contributed by atoms with E-state index in [0.29, 0.717) is 11.4 Å². The van der Waals surface area contributed by atoms with Crippen LogP contribution in [0.2, 0.25) is 0 Å². The van der Waals surface area contributed by atoms with Gasteiger partial charge in [0.1, 0.15) is 5.75 Å². The molecule has 7 heteroatoms. The highest BCUT2D eigenvalue weighted by molar-refractivity contribution is 6.11. The summed E-state index contributed by atoms with van der Waals surface area (Å²) in [5, 5.41) is 8.41. The zero-order valence-electron chi connectivity index (χ0n) is 15.9. The number of carbonyl (C=O) groups is 1. The molecule has 146 valence electrons. The Labute approximate surface area is 163 Å². The fourth-order valence-corrected chi connectivity index (χ4v) is 3.39. The van der Waals surface area contributed by atoms with Gasteiger partial charge in [-0.1, -0.05) is 18.2 Å². The predicted octanol–water partition coefficient (Wildman–Crippen LogP) is 2.63. The van der Waals surface area contributed by atoms with Gasteiger partial charge in [0.2, 0.25) is 0 Å². The zero-order valence-corrected chi connectivity index (χ0v) is 15.9. The highest BCUT2D eigenvalue weighted by Crippen LogP contribution is 2.21. The topological polar surface area (TPSA) is 68.6 Å². The molecule has 0 aliphatic carbocycles. The Morgan fingerprint density at radius 3 is 2.61 bits per heavy atom. The first-order chi connectivity index (χ1) is 13.7. The van der Waals surface area contributed by atoms with Gasteiger partial charge in [0.15, 0.2) is 5.69 Å². The minimum Gasteiger partial charge on any atom is -0.497 e. The lowest BCUT2D eigenvalue weighted by molar-refractivity contribution is 0.0361.